The number of nitroso groups, excluding NO2 is 2. The first-order chi connectivity index (χ1) is 11.1. The van der Waals surface area contributed by atoms with Crippen LogP contribution in [0, 0.1) is 9.81 Å². The number of aromatic amines is 1. The van der Waals surface area contributed by atoms with Crippen LogP contribution in [0.3, 0.4) is 0 Å². The quantitative estimate of drug-likeness (QED) is 0.621. The Morgan fingerprint density at radius 3 is 2.35 bits per heavy atom. The number of H-pyrrole nitrogens is 1. The van der Waals surface area contributed by atoms with Gasteiger partial charge in [-0.3, -0.25) is 0 Å². The van der Waals surface area contributed by atoms with Gasteiger partial charge in [-0.25, -0.2) is 4.98 Å². The number of benzene rings is 2. The maximum Gasteiger partial charge on any atom is 0.165 e. The predicted molar refractivity (Wildman–Crippen MR) is 87.0 cm³/mol. The smallest absolute Gasteiger partial charge is 0.165 e. The first-order valence-electron chi connectivity index (χ1n) is 6.88. The van der Waals surface area contributed by atoms with Crippen molar-refractivity contribution < 1.29 is 0 Å². The van der Waals surface area contributed by atoms with E-state index in [9.17, 15) is 9.81 Å². The molecular formula is C15H14N6O2. The molecule has 0 spiro atoms. The van der Waals surface area contributed by atoms with Crippen molar-refractivity contribution in [3.05, 3.63) is 63.4 Å². The van der Waals surface area contributed by atoms with Gasteiger partial charge in [0.25, 0.3) is 0 Å². The molecule has 2 aromatic carbocycles. The van der Waals surface area contributed by atoms with Gasteiger partial charge in [0, 0.05) is 5.56 Å². The van der Waals surface area contributed by atoms with Gasteiger partial charge >= 0.3 is 0 Å². The molecule has 0 amide bonds. The van der Waals surface area contributed by atoms with Crippen molar-refractivity contribution in [2.75, 3.05) is 0 Å². The number of aromatic nitrogens is 2. The molecule has 0 saturated heterocycles. The second kappa shape index (κ2) is 6.03. The van der Waals surface area contributed by atoms with E-state index in [2.05, 4.69) is 20.3 Å². The second-order valence-corrected chi connectivity index (χ2v) is 5.09. The highest BCUT2D eigenvalue weighted by molar-refractivity contribution is 5.80. The van der Waals surface area contributed by atoms with Crippen LogP contribution in [0.25, 0.3) is 22.4 Å². The van der Waals surface area contributed by atoms with E-state index in [0.717, 1.165) is 16.6 Å². The minimum absolute atomic E-state index is 0.601. The van der Waals surface area contributed by atoms with Gasteiger partial charge in [0.05, 0.1) is 11.0 Å². The van der Waals surface area contributed by atoms with Crippen LogP contribution in [0.4, 0.5) is 0 Å². The Morgan fingerprint density at radius 1 is 0.957 bits per heavy atom. The molecule has 0 aliphatic carbocycles. The molecule has 2 unspecified atom stereocenters. The summed E-state index contributed by atoms with van der Waals surface area (Å²) in [6.07, 6.45) is -1.83. The summed E-state index contributed by atoms with van der Waals surface area (Å²) in [5, 5.41) is 5.63. The molecule has 0 aliphatic rings. The minimum Gasteiger partial charge on any atom is -0.338 e. The van der Waals surface area contributed by atoms with Crippen molar-refractivity contribution in [1.29, 1.82) is 0 Å². The molecule has 5 N–H and O–H groups in total. The minimum atomic E-state index is -0.914. The topological polar surface area (TPSA) is 140 Å². The number of hydrogen-bond acceptors (Lipinski definition) is 7. The van der Waals surface area contributed by atoms with E-state index in [1.54, 1.807) is 36.4 Å². The van der Waals surface area contributed by atoms with Gasteiger partial charge in [-0.1, -0.05) is 24.3 Å². The third-order valence-electron chi connectivity index (χ3n) is 3.58. The van der Waals surface area contributed by atoms with E-state index in [0.29, 0.717) is 17.0 Å². The lowest BCUT2D eigenvalue weighted by Gasteiger charge is -2.04. The second-order valence-electron chi connectivity index (χ2n) is 5.09. The van der Waals surface area contributed by atoms with Crippen LogP contribution in [-0.4, -0.2) is 9.97 Å². The van der Waals surface area contributed by atoms with E-state index < -0.39 is 12.3 Å². The molecule has 3 rings (SSSR count). The first kappa shape index (κ1) is 14.9. The Bertz CT molecular complexity index is 875. The van der Waals surface area contributed by atoms with E-state index in [1.807, 2.05) is 6.07 Å². The molecule has 8 heteroatoms. The fraction of sp³-hybridized carbons (Fsp3) is 0.133. The maximum absolute atomic E-state index is 10.6. The Kier molecular flexibility index (Phi) is 3.92. The fourth-order valence-corrected chi connectivity index (χ4v) is 2.34. The summed E-state index contributed by atoms with van der Waals surface area (Å²) >= 11 is 0. The lowest BCUT2D eigenvalue weighted by molar-refractivity contribution is 0.768. The van der Waals surface area contributed by atoms with Crippen LogP contribution < -0.4 is 11.5 Å². The van der Waals surface area contributed by atoms with Crippen molar-refractivity contribution in [3.8, 4) is 11.4 Å². The van der Waals surface area contributed by atoms with E-state index in [4.69, 9.17) is 11.5 Å². The van der Waals surface area contributed by atoms with E-state index in [-0.39, 0.29) is 0 Å². The van der Waals surface area contributed by atoms with Crippen LogP contribution in [0.5, 0.6) is 0 Å². The highest BCUT2D eigenvalue weighted by Crippen LogP contribution is 2.25. The van der Waals surface area contributed by atoms with Gasteiger partial charge in [-0.05, 0) is 39.7 Å². The zero-order chi connectivity index (χ0) is 16.4. The molecule has 0 aliphatic heterocycles. The standard InChI is InChI=1S/C15H14N6O2/c16-13(20-22)8-2-1-3-10(6-8)15-18-11-5-4-9(14(17)21-23)7-12(11)19-15/h1-7,13-14H,16-17H2,(H,18,19). The zero-order valence-corrected chi connectivity index (χ0v) is 12.0. The molecule has 8 nitrogen and oxygen atoms in total. The molecule has 0 fully saturated rings. The summed E-state index contributed by atoms with van der Waals surface area (Å²) in [5.74, 6) is 0.615. The van der Waals surface area contributed by atoms with Crippen LogP contribution in [0.15, 0.2) is 52.8 Å². The fourth-order valence-electron chi connectivity index (χ4n) is 2.34. The Hall–Kier alpha value is -2.97. The molecule has 0 radical (unpaired) electrons. The van der Waals surface area contributed by atoms with Gasteiger partial charge in [-0.15, -0.1) is 9.81 Å². The number of nitrogens with zero attached hydrogens (tertiary/aromatic N) is 3. The summed E-state index contributed by atoms with van der Waals surface area (Å²) in [6, 6.07) is 12.3. The lowest BCUT2D eigenvalue weighted by atomic mass is 10.1. The highest BCUT2D eigenvalue weighted by atomic mass is 16.3. The summed E-state index contributed by atoms with van der Waals surface area (Å²) in [6.45, 7) is 0. The average molecular weight is 310 g/mol. The lowest BCUT2D eigenvalue weighted by Crippen LogP contribution is -2.06. The van der Waals surface area contributed by atoms with Crippen molar-refractivity contribution in [1.82, 2.24) is 9.97 Å². The summed E-state index contributed by atoms with van der Waals surface area (Å²) in [7, 11) is 0. The van der Waals surface area contributed by atoms with Crippen LogP contribution in [0.2, 0.25) is 0 Å². The summed E-state index contributed by atoms with van der Waals surface area (Å²) in [5.41, 5.74) is 14.7. The largest absolute Gasteiger partial charge is 0.338 e. The van der Waals surface area contributed by atoms with Crippen molar-refractivity contribution >= 4 is 11.0 Å². The maximum atomic E-state index is 10.6. The normalized spacial score (nSPS) is 13.7. The number of nitrogens with two attached hydrogens (primary N) is 2. The molecule has 1 aromatic heterocycles. The average Bonchev–Trinajstić information content (AvgIpc) is 3.03. The third-order valence-corrected chi connectivity index (χ3v) is 3.58. The molecule has 23 heavy (non-hydrogen) atoms. The molecule has 3 aromatic rings. The summed E-state index contributed by atoms with van der Waals surface area (Å²) in [4.78, 5) is 28.8. The third kappa shape index (κ3) is 2.85. The molecule has 2 atom stereocenters. The van der Waals surface area contributed by atoms with Crippen LogP contribution in [0.1, 0.15) is 23.5 Å². The van der Waals surface area contributed by atoms with E-state index in [1.165, 1.54) is 0 Å². The van der Waals surface area contributed by atoms with Crippen LogP contribution in [-0.2, 0) is 0 Å². The number of rotatable bonds is 5. The number of nitrogens with one attached hydrogen (secondary N) is 1. The van der Waals surface area contributed by atoms with Gasteiger partial charge in [-0.2, -0.15) is 0 Å². The SMILES string of the molecule is NC(N=O)c1cccc(-c2nc3ccc(C(N)N=O)cc3[nH]2)c1. The Balaban J connectivity index is 2.03. The van der Waals surface area contributed by atoms with Gasteiger partial charge in [0.1, 0.15) is 5.82 Å². The Labute approximate surface area is 130 Å². The molecule has 0 saturated carbocycles. The summed E-state index contributed by atoms with van der Waals surface area (Å²) < 4.78 is 0. The van der Waals surface area contributed by atoms with Crippen molar-refractivity contribution in [3.63, 3.8) is 0 Å². The van der Waals surface area contributed by atoms with Crippen LogP contribution >= 0.6 is 0 Å². The molecule has 116 valence electrons. The van der Waals surface area contributed by atoms with E-state index >= 15 is 0 Å². The molecular weight excluding hydrogens is 296 g/mol. The highest BCUT2D eigenvalue weighted by Gasteiger charge is 2.11. The molecule has 1 heterocycles. The van der Waals surface area contributed by atoms with Crippen molar-refractivity contribution in [2.24, 2.45) is 21.8 Å². The monoisotopic (exact) mass is 310 g/mol. The van der Waals surface area contributed by atoms with Gasteiger partial charge in [0.2, 0.25) is 0 Å². The molecule has 0 bridgehead atoms. The number of hydrogen-bond donors (Lipinski definition) is 3. The van der Waals surface area contributed by atoms with Gasteiger partial charge in [0.15, 0.2) is 12.3 Å². The Morgan fingerprint density at radius 2 is 1.65 bits per heavy atom. The predicted octanol–water partition coefficient (Wildman–Crippen LogP) is 2.68. The number of fused-ring (bicyclic) bond motifs is 1. The van der Waals surface area contributed by atoms with Crippen molar-refractivity contribution in [2.45, 2.75) is 12.3 Å². The zero-order valence-electron chi connectivity index (χ0n) is 12.0. The van der Waals surface area contributed by atoms with Gasteiger partial charge < -0.3 is 16.5 Å². The number of imidazole rings is 1. The first-order valence-corrected chi connectivity index (χ1v) is 6.88.